The molecular weight excluding hydrogens is 254 g/mol. The van der Waals surface area contributed by atoms with E-state index in [1.807, 2.05) is 0 Å². The van der Waals surface area contributed by atoms with Gasteiger partial charge in [0.1, 0.15) is 0 Å². The minimum atomic E-state index is 0. The summed E-state index contributed by atoms with van der Waals surface area (Å²) in [5.41, 5.74) is 6.39. The fourth-order valence-electron chi connectivity index (χ4n) is 3.43. The van der Waals surface area contributed by atoms with Crippen LogP contribution in [0.5, 0.6) is 0 Å². The average Bonchev–Trinajstić information content (AvgIpc) is 2.91. The van der Waals surface area contributed by atoms with Gasteiger partial charge in [0.05, 0.1) is 0 Å². The van der Waals surface area contributed by atoms with Gasteiger partial charge in [-0.1, -0.05) is 24.3 Å². The molecule has 0 fully saturated rings. The van der Waals surface area contributed by atoms with Crippen LogP contribution in [0.1, 0.15) is 42.4 Å². The van der Waals surface area contributed by atoms with Gasteiger partial charge in [-0.3, -0.25) is 0 Å². The third kappa shape index (κ3) is 2.88. The first-order valence-corrected chi connectivity index (χ1v) is 7.22. The standard InChI is InChI=1S/C17H23N.ClH/c1-18(2)15-11-10-14-8-5-9-16(17(14)12-15)13-6-3-4-7-13;/h5-6,8-9,15H,3-4,7,10-12H2,1-2H3;1H/t15-;/m1./s1. The molecule has 1 atom stereocenters. The molecule has 2 heteroatoms. The van der Waals surface area contributed by atoms with Gasteiger partial charge in [-0.25, -0.2) is 0 Å². The number of hydrogen-bond acceptors (Lipinski definition) is 1. The van der Waals surface area contributed by atoms with Crippen molar-refractivity contribution < 1.29 is 0 Å². The Bertz CT molecular complexity index is 476. The summed E-state index contributed by atoms with van der Waals surface area (Å²) in [7, 11) is 4.43. The summed E-state index contributed by atoms with van der Waals surface area (Å²) in [4.78, 5) is 2.39. The van der Waals surface area contributed by atoms with Crippen LogP contribution in [0.25, 0.3) is 5.57 Å². The highest BCUT2D eigenvalue weighted by Crippen LogP contribution is 2.34. The molecule has 0 spiro atoms. The van der Waals surface area contributed by atoms with E-state index < -0.39 is 0 Å². The molecular formula is C17H24ClN. The Labute approximate surface area is 123 Å². The topological polar surface area (TPSA) is 3.24 Å². The third-order valence-corrected chi connectivity index (χ3v) is 4.58. The van der Waals surface area contributed by atoms with Crippen LogP contribution in [0.4, 0.5) is 0 Å². The summed E-state index contributed by atoms with van der Waals surface area (Å²) in [5.74, 6) is 0. The number of benzene rings is 1. The first kappa shape index (κ1) is 14.6. The van der Waals surface area contributed by atoms with Crippen molar-refractivity contribution in [3.05, 3.63) is 41.0 Å². The van der Waals surface area contributed by atoms with Crippen LogP contribution in [-0.4, -0.2) is 25.0 Å². The highest BCUT2D eigenvalue weighted by atomic mass is 35.5. The number of aryl methyl sites for hydroxylation is 1. The van der Waals surface area contributed by atoms with Crippen LogP contribution >= 0.6 is 12.4 Å². The summed E-state index contributed by atoms with van der Waals surface area (Å²) in [6, 6.07) is 7.65. The molecule has 0 radical (unpaired) electrons. The maximum absolute atomic E-state index is 2.45. The third-order valence-electron chi connectivity index (χ3n) is 4.58. The van der Waals surface area contributed by atoms with Gasteiger partial charge in [0.2, 0.25) is 0 Å². The average molecular weight is 278 g/mol. The Balaban J connectivity index is 0.00000133. The molecule has 1 nitrogen and oxygen atoms in total. The van der Waals surface area contributed by atoms with Gasteiger partial charge in [0.25, 0.3) is 0 Å². The van der Waals surface area contributed by atoms with Crippen LogP contribution in [-0.2, 0) is 12.8 Å². The van der Waals surface area contributed by atoms with Crippen molar-refractivity contribution in [3.63, 3.8) is 0 Å². The highest BCUT2D eigenvalue weighted by Gasteiger charge is 2.23. The molecule has 0 unspecified atom stereocenters. The lowest BCUT2D eigenvalue weighted by Crippen LogP contribution is -2.33. The minimum absolute atomic E-state index is 0. The zero-order chi connectivity index (χ0) is 12.5. The summed E-state index contributed by atoms with van der Waals surface area (Å²) in [6.07, 6.45) is 10.1. The van der Waals surface area contributed by atoms with E-state index in [-0.39, 0.29) is 12.4 Å². The fraction of sp³-hybridized carbons (Fsp3) is 0.529. The van der Waals surface area contributed by atoms with E-state index in [1.54, 1.807) is 22.3 Å². The Morgan fingerprint density at radius 3 is 2.68 bits per heavy atom. The molecule has 0 heterocycles. The van der Waals surface area contributed by atoms with E-state index in [2.05, 4.69) is 43.3 Å². The van der Waals surface area contributed by atoms with E-state index in [0.29, 0.717) is 0 Å². The number of nitrogens with zero attached hydrogens (tertiary/aromatic N) is 1. The Morgan fingerprint density at radius 1 is 1.16 bits per heavy atom. The molecule has 0 saturated carbocycles. The second-order valence-corrected chi connectivity index (χ2v) is 5.93. The van der Waals surface area contributed by atoms with Crippen LogP contribution in [0, 0.1) is 0 Å². The molecule has 0 bridgehead atoms. The molecule has 19 heavy (non-hydrogen) atoms. The quantitative estimate of drug-likeness (QED) is 0.787. The lowest BCUT2D eigenvalue weighted by Gasteiger charge is -2.31. The van der Waals surface area contributed by atoms with E-state index >= 15 is 0 Å². The molecule has 0 N–H and O–H groups in total. The monoisotopic (exact) mass is 277 g/mol. The SMILES string of the molecule is CN(C)[C@@H]1CCc2cccc(C3=CCCC3)c2C1.Cl. The molecule has 1 aromatic carbocycles. The highest BCUT2D eigenvalue weighted by molar-refractivity contribution is 5.85. The van der Waals surface area contributed by atoms with E-state index in [4.69, 9.17) is 0 Å². The van der Waals surface area contributed by atoms with Crippen LogP contribution < -0.4 is 0 Å². The Morgan fingerprint density at radius 2 is 2.00 bits per heavy atom. The molecule has 3 rings (SSSR count). The second-order valence-electron chi connectivity index (χ2n) is 5.93. The normalized spacial score (nSPS) is 21.8. The lowest BCUT2D eigenvalue weighted by molar-refractivity contribution is 0.268. The van der Waals surface area contributed by atoms with Gasteiger partial charge < -0.3 is 4.90 Å². The van der Waals surface area contributed by atoms with Gasteiger partial charge in [0, 0.05) is 6.04 Å². The van der Waals surface area contributed by atoms with Crippen LogP contribution in [0.15, 0.2) is 24.3 Å². The number of halogens is 1. The lowest BCUT2D eigenvalue weighted by atomic mass is 9.83. The predicted molar refractivity (Wildman–Crippen MR) is 85.0 cm³/mol. The number of fused-ring (bicyclic) bond motifs is 1. The Kier molecular flexibility index (Phi) is 4.70. The first-order chi connectivity index (χ1) is 8.75. The Hall–Kier alpha value is -0.790. The van der Waals surface area contributed by atoms with Gasteiger partial charge in [-0.15, -0.1) is 12.4 Å². The molecule has 104 valence electrons. The number of hydrogen-bond donors (Lipinski definition) is 0. The number of rotatable bonds is 2. The molecule has 0 aromatic heterocycles. The summed E-state index contributed by atoms with van der Waals surface area (Å²) in [6.45, 7) is 0. The van der Waals surface area contributed by atoms with Gasteiger partial charge in [0.15, 0.2) is 0 Å². The predicted octanol–water partition coefficient (Wildman–Crippen LogP) is 4.09. The maximum atomic E-state index is 2.45. The van der Waals surface area contributed by atoms with E-state index in [1.165, 1.54) is 38.5 Å². The smallest absolute Gasteiger partial charge is 0.0133 e. The molecule has 0 saturated heterocycles. The van der Waals surface area contributed by atoms with E-state index in [0.717, 1.165) is 6.04 Å². The van der Waals surface area contributed by atoms with Crippen molar-refractivity contribution in [2.45, 2.75) is 44.6 Å². The maximum Gasteiger partial charge on any atom is 0.0133 e. The second kappa shape index (κ2) is 6.11. The van der Waals surface area contributed by atoms with Crippen molar-refractivity contribution >= 4 is 18.0 Å². The van der Waals surface area contributed by atoms with Gasteiger partial charge in [-0.05, 0) is 74.9 Å². The van der Waals surface area contributed by atoms with Crippen molar-refractivity contribution in [2.24, 2.45) is 0 Å². The van der Waals surface area contributed by atoms with Crippen LogP contribution in [0.3, 0.4) is 0 Å². The number of likely N-dealkylation sites (N-methyl/N-ethyl adjacent to an activating group) is 1. The van der Waals surface area contributed by atoms with Crippen LogP contribution in [0.2, 0.25) is 0 Å². The van der Waals surface area contributed by atoms with Crippen molar-refractivity contribution in [3.8, 4) is 0 Å². The summed E-state index contributed by atoms with van der Waals surface area (Å²) < 4.78 is 0. The largest absolute Gasteiger partial charge is 0.306 e. The van der Waals surface area contributed by atoms with Crippen molar-refractivity contribution in [1.82, 2.24) is 4.90 Å². The number of allylic oxidation sites excluding steroid dienone is 2. The minimum Gasteiger partial charge on any atom is -0.306 e. The zero-order valence-electron chi connectivity index (χ0n) is 12.0. The van der Waals surface area contributed by atoms with Crippen molar-refractivity contribution in [2.75, 3.05) is 14.1 Å². The fourth-order valence-corrected chi connectivity index (χ4v) is 3.43. The van der Waals surface area contributed by atoms with Gasteiger partial charge in [-0.2, -0.15) is 0 Å². The molecule has 1 aromatic rings. The molecule has 2 aliphatic carbocycles. The molecule has 0 amide bonds. The van der Waals surface area contributed by atoms with Gasteiger partial charge >= 0.3 is 0 Å². The van der Waals surface area contributed by atoms with Crippen molar-refractivity contribution in [1.29, 1.82) is 0 Å². The molecule has 2 aliphatic rings. The summed E-state index contributed by atoms with van der Waals surface area (Å²) >= 11 is 0. The summed E-state index contributed by atoms with van der Waals surface area (Å²) in [5, 5.41) is 0. The van der Waals surface area contributed by atoms with E-state index in [9.17, 15) is 0 Å². The molecule has 0 aliphatic heterocycles. The zero-order valence-corrected chi connectivity index (χ0v) is 12.8. The first-order valence-electron chi connectivity index (χ1n) is 7.22.